The molecule has 0 atom stereocenters. The number of hydrogen-bond acceptors (Lipinski definition) is 6. The van der Waals surface area contributed by atoms with Crippen LogP contribution in [0, 0.1) is 12.3 Å². The molecule has 0 spiro atoms. The molecule has 0 aliphatic heterocycles. The van der Waals surface area contributed by atoms with E-state index in [2.05, 4.69) is 0 Å². The first-order valence-electron chi connectivity index (χ1n) is 7.41. The van der Waals surface area contributed by atoms with Crippen molar-refractivity contribution in [2.24, 2.45) is 5.41 Å². The lowest BCUT2D eigenvalue weighted by Gasteiger charge is -2.23. The molecule has 2 rings (SSSR count). The van der Waals surface area contributed by atoms with Gasteiger partial charge in [-0.25, -0.2) is 4.79 Å². The minimum Gasteiger partial charge on any atom is -0.468 e. The van der Waals surface area contributed by atoms with Crippen LogP contribution in [0.15, 0.2) is 9.21 Å². The van der Waals surface area contributed by atoms with Gasteiger partial charge < -0.3 is 13.9 Å². The van der Waals surface area contributed by atoms with Crippen molar-refractivity contribution >= 4 is 11.9 Å². The fraction of sp³-hybridized carbons (Fsp3) is 0.588. The van der Waals surface area contributed by atoms with Gasteiger partial charge in [0.25, 0.3) is 0 Å². The molecule has 0 fully saturated rings. The molecule has 1 aromatic rings. The third-order valence-corrected chi connectivity index (χ3v) is 4.38. The summed E-state index contributed by atoms with van der Waals surface area (Å²) in [7, 11) is 2.47. The predicted molar refractivity (Wildman–Crippen MR) is 82.3 cm³/mol. The van der Waals surface area contributed by atoms with Crippen LogP contribution >= 0.6 is 0 Å². The van der Waals surface area contributed by atoms with E-state index in [1.54, 1.807) is 6.92 Å². The van der Waals surface area contributed by atoms with Crippen LogP contribution in [0.5, 0.6) is 0 Å². The Balaban J connectivity index is 2.72. The molecule has 0 saturated carbocycles. The molecule has 23 heavy (non-hydrogen) atoms. The maximum absolute atomic E-state index is 12.3. The predicted octanol–water partition coefficient (Wildman–Crippen LogP) is 1.68. The first-order valence-corrected chi connectivity index (χ1v) is 7.41. The number of carbonyl (C=O) groups is 2. The maximum atomic E-state index is 12.3. The minimum absolute atomic E-state index is 0.0855. The number of esters is 2. The number of fused-ring (bicyclic) bond motifs is 1. The Morgan fingerprint density at radius 1 is 1.04 bits per heavy atom. The largest absolute Gasteiger partial charge is 0.468 e. The fourth-order valence-electron chi connectivity index (χ4n) is 3.18. The van der Waals surface area contributed by atoms with E-state index < -0.39 is 28.4 Å². The monoisotopic (exact) mass is 322 g/mol. The van der Waals surface area contributed by atoms with Gasteiger partial charge >= 0.3 is 17.6 Å². The molecule has 0 N–H and O–H groups in total. The smallest absolute Gasteiger partial charge is 0.339 e. The highest BCUT2D eigenvalue weighted by Gasteiger charge is 2.54. The molecule has 1 aliphatic carbocycles. The first kappa shape index (κ1) is 17.2. The van der Waals surface area contributed by atoms with E-state index in [0.29, 0.717) is 16.9 Å². The van der Waals surface area contributed by atoms with Crippen LogP contribution in [0.4, 0.5) is 0 Å². The van der Waals surface area contributed by atoms with Crippen molar-refractivity contribution < 1.29 is 23.5 Å². The Hall–Kier alpha value is -2.11. The Bertz CT molecular complexity index is 704. The van der Waals surface area contributed by atoms with Gasteiger partial charge in [-0.2, -0.15) is 0 Å². The third-order valence-electron chi connectivity index (χ3n) is 4.38. The highest BCUT2D eigenvalue weighted by molar-refractivity contribution is 6.01. The van der Waals surface area contributed by atoms with E-state index >= 15 is 0 Å². The van der Waals surface area contributed by atoms with Crippen LogP contribution in [-0.4, -0.2) is 26.2 Å². The highest BCUT2D eigenvalue weighted by atomic mass is 16.5. The normalized spacial score (nSPS) is 15.9. The van der Waals surface area contributed by atoms with Crippen molar-refractivity contribution in [3.05, 3.63) is 32.9 Å². The van der Waals surface area contributed by atoms with E-state index in [1.807, 2.05) is 20.8 Å². The van der Waals surface area contributed by atoms with Gasteiger partial charge in [0, 0.05) is 23.8 Å². The molecule has 6 heteroatoms. The molecule has 126 valence electrons. The van der Waals surface area contributed by atoms with Gasteiger partial charge in [0.1, 0.15) is 5.76 Å². The zero-order valence-corrected chi connectivity index (χ0v) is 14.4. The second-order valence-electron chi connectivity index (χ2n) is 6.97. The number of carbonyl (C=O) groups excluding carboxylic acids is 2. The lowest BCUT2D eigenvalue weighted by atomic mass is 9.83. The van der Waals surface area contributed by atoms with Crippen LogP contribution in [0.25, 0.3) is 0 Å². The molecule has 1 heterocycles. The molecule has 0 amide bonds. The first-order chi connectivity index (χ1) is 10.6. The van der Waals surface area contributed by atoms with Crippen LogP contribution in [0.2, 0.25) is 0 Å². The van der Waals surface area contributed by atoms with Gasteiger partial charge in [0.15, 0.2) is 5.41 Å². The quantitative estimate of drug-likeness (QED) is 0.608. The topological polar surface area (TPSA) is 82.8 Å². The Morgan fingerprint density at radius 3 is 1.96 bits per heavy atom. The van der Waals surface area contributed by atoms with Gasteiger partial charge in [0.2, 0.25) is 0 Å². The van der Waals surface area contributed by atoms with Crippen molar-refractivity contribution in [2.75, 3.05) is 14.2 Å². The summed E-state index contributed by atoms with van der Waals surface area (Å²) in [5.74, 6) is -0.822. The van der Waals surface area contributed by atoms with E-state index in [9.17, 15) is 14.4 Å². The van der Waals surface area contributed by atoms with Crippen LogP contribution < -0.4 is 5.63 Å². The zero-order chi connectivity index (χ0) is 17.6. The standard InChI is InChI=1S/C17H22O6/c1-9-10-7-17(14(19)21-5,15(20)22-6)8-11(10)12(16(2,3)4)23-13(9)18/h7-8H2,1-6H3. The average molecular weight is 322 g/mol. The Kier molecular flexibility index (Phi) is 4.13. The van der Waals surface area contributed by atoms with Crippen molar-refractivity contribution in [1.29, 1.82) is 0 Å². The van der Waals surface area contributed by atoms with Crippen molar-refractivity contribution in [3.8, 4) is 0 Å². The SMILES string of the molecule is COC(=O)C1(C(=O)OC)Cc2c(C(C)(C)C)oc(=O)c(C)c2C1. The van der Waals surface area contributed by atoms with Gasteiger partial charge in [-0.05, 0) is 18.1 Å². The molecule has 1 aromatic heterocycles. The second kappa shape index (κ2) is 5.51. The molecule has 0 radical (unpaired) electrons. The van der Waals surface area contributed by atoms with E-state index in [-0.39, 0.29) is 12.8 Å². The molecule has 0 aromatic carbocycles. The molecular formula is C17H22O6. The van der Waals surface area contributed by atoms with Gasteiger partial charge in [-0.15, -0.1) is 0 Å². The highest BCUT2D eigenvalue weighted by Crippen LogP contribution is 2.43. The number of hydrogen-bond donors (Lipinski definition) is 0. The summed E-state index contributed by atoms with van der Waals surface area (Å²) in [6.45, 7) is 7.38. The summed E-state index contributed by atoms with van der Waals surface area (Å²) in [6, 6.07) is 0. The maximum Gasteiger partial charge on any atom is 0.339 e. The van der Waals surface area contributed by atoms with Crippen LogP contribution in [0.1, 0.15) is 43.2 Å². The van der Waals surface area contributed by atoms with Gasteiger partial charge in [0.05, 0.1) is 14.2 Å². The summed E-state index contributed by atoms with van der Waals surface area (Å²) < 4.78 is 15.2. The van der Waals surface area contributed by atoms with Gasteiger partial charge in [-0.3, -0.25) is 9.59 Å². The van der Waals surface area contributed by atoms with Gasteiger partial charge in [-0.1, -0.05) is 20.8 Å². The summed E-state index contributed by atoms with van der Waals surface area (Å²) >= 11 is 0. The number of methoxy groups -OCH3 is 2. The lowest BCUT2D eigenvalue weighted by molar-refractivity contribution is -0.168. The van der Waals surface area contributed by atoms with Crippen molar-refractivity contribution in [1.82, 2.24) is 0 Å². The molecule has 0 saturated heterocycles. The average Bonchev–Trinajstić information content (AvgIpc) is 2.90. The summed E-state index contributed by atoms with van der Waals surface area (Å²) in [6.07, 6.45) is 0.196. The minimum atomic E-state index is -1.46. The lowest BCUT2D eigenvalue weighted by Crippen LogP contribution is -2.42. The Morgan fingerprint density at radius 2 is 1.52 bits per heavy atom. The van der Waals surface area contributed by atoms with E-state index in [0.717, 1.165) is 5.56 Å². The molecule has 0 bridgehead atoms. The van der Waals surface area contributed by atoms with Crippen molar-refractivity contribution in [3.63, 3.8) is 0 Å². The fourth-order valence-corrected chi connectivity index (χ4v) is 3.18. The van der Waals surface area contributed by atoms with Crippen molar-refractivity contribution in [2.45, 2.75) is 46.0 Å². The van der Waals surface area contributed by atoms with Crippen LogP contribution in [0.3, 0.4) is 0 Å². The third kappa shape index (κ3) is 2.56. The second-order valence-corrected chi connectivity index (χ2v) is 6.97. The molecule has 6 nitrogen and oxygen atoms in total. The van der Waals surface area contributed by atoms with E-state index in [1.165, 1.54) is 14.2 Å². The van der Waals surface area contributed by atoms with Crippen LogP contribution in [-0.2, 0) is 37.3 Å². The molecule has 1 aliphatic rings. The summed E-state index contributed by atoms with van der Waals surface area (Å²) in [5.41, 5.74) is -0.506. The molecule has 0 unspecified atom stereocenters. The zero-order valence-electron chi connectivity index (χ0n) is 14.4. The summed E-state index contributed by atoms with van der Waals surface area (Å²) in [5, 5.41) is 0. The molecular weight excluding hydrogens is 300 g/mol. The summed E-state index contributed by atoms with van der Waals surface area (Å²) in [4.78, 5) is 36.8. The number of rotatable bonds is 2. The van der Waals surface area contributed by atoms with E-state index in [4.69, 9.17) is 13.9 Å². The Labute approximate surface area is 134 Å². The number of ether oxygens (including phenoxy) is 2.